The molecule has 1 aromatic carbocycles. The number of nitrogens with one attached hydrogen (secondary N) is 1. The topological polar surface area (TPSA) is 43.4 Å². The molecule has 1 aliphatic heterocycles. The molecule has 2 heterocycles. The maximum atomic E-state index is 6.13. The lowest BCUT2D eigenvalue weighted by Gasteiger charge is -2.11. The summed E-state index contributed by atoms with van der Waals surface area (Å²) in [6.07, 6.45) is 3.69. The smallest absolute Gasteiger partial charge is 0.231 e. The van der Waals surface area contributed by atoms with E-state index in [2.05, 4.69) is 17.2 Å². The van der Waals surface area contributed by atoms with Crippen LogP contribution in [0.15, 0.2) is 24.4 Å². The van der Waals surface area contributed by atoms with Gasteiger partial charge in [0.05, 0.1) is 0 Å². The van der Waals surface area contributed by atoms with E-state index in [9.17, 15) is 0 Å². The second kappa shape index (κ2) is 5.75. The highest BCUT2D eigenvalue weighted by Gasteiger charge is 2.15. The molecule has 0 aliphatic carbocycles. The molecule has 0 bridgehead atoms. The number of ether oxygens (including phenoxy) is 2. The lowest BCUT2D eigenvalue weighted by Crippen LogP contribution is -2.09. The second-order valence-corrected chi connectivity index (χ2v) is 5.42. The second-order valence-electron chi connectivity index (χ2n) is 4.81. The summed E-state index contributed by atoms with van der Waals surface area (Å²) in [4.78, 5) is 4.40. The summed E-state index contributed by atoms with van der Waals surface area (Å²) in [6.45, 7) is 3.18. The van der Waals surface area contributed by atoms with Crippen LogP contribution in [0, 0.1) is 0 Å². The van der Waals surface area contributed by atoms with E-state index in [1.165, 1.54) is 0 Å². The minimum Gasteiger partial charge on any atom is -0.454 e. The van der Waals surface area contributed by atoms with Crippen molar-refractivity contribution < 1.29 is 9.47 Å². The van der Waals surface area contributed by atoms with E-state index in [0.29, 0.717) is 0 Å². The minimum atomic E-state index is 0.207. The molecular weight excluding hydrogens is 276 g/mol. The maximum absolute atomic E-state index is 6.13. The van der Waals surface area contributed by atoms with Gasteiger partial charge in [0.15, 0.2) is 11.5 Å². The van der Waals surface area contributed by atoms with Crippen LogP contribution in [0.4, 0.5) is 5.82 Å². The zero-order chi connectivity index (χ0) is 13.9. The molecule has 1 N–H and O–H groups in total. The minimum absolute atomic E-state index is 0.207. The van der Waals surface area contributed by atoms with Gasteiger partial charge in [-0.15, -0.1) is 11.6 Å². The third-order valence-corrected chi connectivity index (χ3v) is 3.98. The molecule has 2 aromatic rings. The summed E-state index contributed by atoms with van der Waals surface area (Å²) in [7, 11) is 0. The predicted octanol–water partition coefficient (Wildman–Crippen LogP) is 3.78. The van der Waals surface area contributed by atoms with Crippen molar-refractivity contribution in [1.29, 1.82) is 0 Å². The maximum Gasteiger partial charge on any atom is 0.231 e. The molecule has 1 atom stereocenters. The lowest BCUT2D eigenvalue weighted by atomic mass is 10.1. The molecule has 106 valence electrons. The van der Waals surface area contributed by atoms with Gasteiger partial charge in [-0.3, -0.25) is 0 Å². The van der Waals surface area contributed by atoms with Gasteiger partial charge < -0.3 is 14.8 Å². The number of hydrogen-bond acceptors (Lipinski definition) is 4. The fraction of sp³-hybridized carbons (Fsp3) is 0.400. The number of rotatable bonds is 5. The molecule has 1 aromatic heterocycles. The first-order chi connectivity index (χ1) is 9.78. The summed E-state index contributed by atoms with van der Waals surface area (Å²) >= 11 is 6.13. The third kappa shape index (κ3) is 2.61. The lowest BCUT2D eigenvalue weighted by molar-refractivity contribution is 0.174. The zero-order valence-corrected chi connectivity index (χ0v) is 12.1. The van der Waals surface area contributed by atoms with E-state index >= 15 is 0 Å². The number of nitrogens with zero attached hydrogens (tertiary/aromatic N) is 1. The number of hydrogen-bond donors (Lipinski definition) is 1. The molecule has 1 unspecified atom stereocenters. The van der Waals surface area contributed by atoms with Crippen LogP contribution < -0.4 is 14.8 Å². The predicted molar refractivity (Wildman–Crippen MR) is 80.9 cm³/mol. The first kappa shape index (κ1) is 13.3. The Balaban J connectivity index is 1.84. The summed E-state index contributed by atoms with van der Waals surface area (Å²) in [5.74, 6) is 2.43. The van der Waals surface area contributed by atoms with Gasteiger partial charge in [-0.25, -0.2) is 4.98 Å². The third-order valence-electron chi connectivity index (χ3n) is 3.45. The number of fused-ring (bicyclic) bond motifs is 2. The van der Waals surface area contributed by atoms with Crippen LogP contribution >= 0.6 is 11.6 Å². The first-order valence-electron chi connectivity index (χ1n) is 6.84. The highest BCUT2D eigenvalue weighted by molar-refractivity contribution is 6.20. The Labute approximate surface area is 123 Å². The van der Waals surface area contributed by atoms with E-state index in [-0.39, 0.29) is 12.2 Å². The van der Waals surface area contributed by atoms with Crippen molar-refractivity contribution in [3.8, 4) is 11.5 Å². The quantitative estimate of drug-likeness (QED) is 0.852. The Morgan fingerprint density at radius 2 is 2.15 bits per heavy atom. The van der Waals surface area contributed by atoms with E-state index in [0.717, 1.165) is 47.5 Å². The van der Waals surface area contributed by atoms with Crippen LogP contribution in [-0.2, 0) is 0 Å². The summed E-state index contributed by atoms with van der Waals surface area (Å²) in [5, 5.41) is 5.69. The molecule has 0 radical (unpaired) electrons. The molecule has 4 nitrogen and oxygen atoms in total. The van der Waals surface area contributed by atoms with Gasteiger partial charge in [-0.2, -0.15) is 0 Å². The fourth-order valence-corrected chi connectivity index (χ4v) is 2.36. The molecule has 0 amide bonds. The highest BCUT2D eigenvalue weighted by Crippen LogP contribution is 2.37. The van der Waals surface area contributed by atoms with Crippen LogP contribution in [0.1, 0.15) is 19.8 Å². The largest absolute Gasteiger partial charge is 0.454 e. The normalized spacial score (nSPS) is 14.5. The molecule has 5 heteroatoms. The van der Waals surface area contributed by atoms with Gasteiger partial charge in [-0.1, -0.05) is 6.92 Å². The van der Waals surface area contributed by atoms with Crippen LogP contribution in [0.2, 0.25) is 0 Å². The van der Waals surface area contributed by atoms with Crippen molar-refractivity contribution in [2.24, 2.45) is 0 Å². The Kier molecular flexibility index (Phi) is 3.83. The average Bonchev–Trinajstić information content (AvgIpc) is 2.92. The number of pyridine rings is 1. The van der Waals surface area contributed by atoms with Crippen molar-refractivity contribution >= 4 is 28.2 Å². The summed E-state index contributed by atoms with van der Waals surface area (Å²) < 4.78 is 10.8. The number of alkyl halides is 1. The fourth-order valence-electron chi connectivity index (χ4n) is 2.25. The van der Waals surface area contributed by atoms with Crippen LogP contribution in [-0.4, -0.2) is 23.7 Å². The Hall–Kier alpha value is -1.68. The SMILES string of the molecule is CCC(Cl)CCNc1nccc2cc3c(cc12)OCO3. The zero-order valence-electron chi connectivity index (χ0n) is 11.4. The number of benzene rings is 1. The Bertz CT molecular complexity index is 618. The van der Waals surface area contributed by atoms with Gasteiger partial charge in [-0.05, 0) is 36.4 Å². The molecule has 3 rings (SSSR count). The number of anilines is 1. The standard InChI is InChI=1S/C15H17ClN2O2/c1-2-11(16)4-6-18-15-12-8-14-13(19-9-20-14)7-10(12)3-5-17-15/h3,5,7-8,11H,2,4,6,9H2,1H3,(H,17,18). The van der Waals surface area contributed by atoms with Gasteiger partial charge in [0.25, 0.3) is 0 Å². The van der Waals surface area contributed by atoms with Crippen molar-refractivity contribution in [1.82, 2.24) is 4.98 Å². The van der Waals surface area contributed by atoms with Crippen molar-refractivity contribution in [2.45, 2.75) is 25.1 Å². The van der Waals surface area contributed by atoms with Gasteiger partial charge in [0, 0.05) is 23.5 Å². The van der Waals surface area contributed by atoms with Crippen molar-refractivity contribution in [3.05, 3.63) is 24.4 Å². The van der Waals surface area contributed by atoms with Crippen molar-refractivity contribution in [2.75, 3.05) is 18.7 Å². The molecule has 20 heavy (non-hydrogen) atoms. The van der Waals surface area contributed by atoms with Crippen LogP contribution in [0.5, 0.6) is 11.5 Å². The van der Waals surface area contributed by atoms with E-state index in [4.69, 9.17) is 21.1 Å². The van der Waals surface area contributed by atoms with Crippen molar-refractivity contribution in [3.63, 3.8) is 0 Å². The van der Waals surface area contributed by atoms with Gasteiger partial charge in [0.2, 0.25) is 6.79 Å². The van der Waals surface area contributed by atoms with Gasteiger partial charge in [0.1, 0.15) is 5.82 Å². The molecule has 0 saturated heterocycles. The average molecular weight is 293 g/mol. The molecular formula is C15H17ClN2O2. The number of aromatic nitrogens is 1. The number of halogens is 1. The van der Waals surface area contributed by atoms with E-state index < -0.39 is 0 Å². The Morgan fingerprint density at radius 1 is 1.35 bits per heavy atom. The summed E-state index contributed by atoms with van der Waals surface area (Å²) in [6, 6.07) is 5.94. The highest BCUT2D eigenvalue weighted by atomic mass is 35.5. The Morgan fingerprint density at radius 3 is 2.95 bits per heavy atom. The monoisotopic (exact) mass is 292 g/mol. The van der Waals surface area contributed by atoms with E-state index in [1.807, 2.05) is 18.2 Å². The summed E-state index contributed by atoms with van der Waals surface area (Å²) in [5.41, 5.74) is 0. The molecule has 1 aliphatic rings. The van der Waals surface area contributed by atoms with Gasteiger partial charge >= 0.3 is 0 Å². The van der Waals surface area contributed by atoms with E-state index in [1.54, 1.807) is 6.20 Å². The van der Waals surface area contributed by atoms with Crippen LogP contribution in [0.25, 0.3) is 10.8 Å². The first-order valence-corrected chi connectivity index (χ1v) is 7.28. The molecule has 0 saturated carbocycles. The molecule has 0 spiro atoms. The van der Waals surface area contributed by atoms with Crippen LogP contribution in [0.3, 0.4) is 0 Å². The molecule has 0 fully saturated rings.